The Balaban J connectivity index is 1.50. The first-order valence-corrected chi connectivity index (χ1v) is 8.96. The van der Waals surface area contributed by atoms with E-state index in [-0.39, 0.29) is 11.8 Å². The number of piperidine rings is 1. The van der Waals surface area contributed by atoms with Gasteiger partial charge in [-0.2, -0.15) is 4.98 Å². The van der Waals surface area contributed by atoms with E-state index in [1.54, 1.807) is 24.7 Å². The van der Waals surface area contributed by atoms with Crippen molar-refractivity contribution in [2.24, 2.45) is 5.92 Å². The Morgan fingerprint density at radius 1 is 1.29 bits per heavy atom. The Hall–Kier alpha value is -3.62. The van der Waals surface area contributed by atoms with Gasteiger partial charge < -0.3 is 15.2 Å². The maximum absolute atomic E-state index is 12.5. The smallest absolute Gasteiger partial charge is 0.236 e. The van der Waals surface area contributed by atoms with Crippen molar-refractivity contribution in [1.82, 2.24) is 25.4 Å². The van der Waals surface area contributed by atoms with E-state index < -0.39 is 5.92 Å². The Morgan fingerprint density at radius 3 is 3.00 bits per heavy atom. The number of hydrogen-bond donors (Lipinski definition) is 2. The number of benzene rings is 1. The van der Waals surface area contributed by atoms with Crippen molar-refractivity contribution < 1.29 is 14.1 Å². The molecule has 9 nitrogen and oxygen atoms in total. The lowest BCUT2D eigenvalue weighted by molar-refractivity contribution is -0.134. The Kier molecular flexibility index (Phi) is 5.05. The fourth-order valence-electron chi connectivity index (χ4n) is 3.05. The third-order valence-corrected chi connectivity index (χ3v) is 4.48. The Labute approximate surface area is 160 Å². The number of carbonyl (C=O) groups excluding carboxylic acids is 2. The average Bonchev–Trinajstić information content (AvgIpc) is 3.19. The number of rotatable bonds is 5. The van der Waals surface area contributed by atoms with E-state index in [4.69, 9.17) is 4.52 Å². The number of hydrogen-bond acceptors (Lipinski definition) is 7. The maximum atomic E-state index is 12.5. The summed E-state index contributed by atoms with van der Waals surface area (Å²) in [7, 11) is 0. The molecule has 0 aliphatic carbocycles. The molecule has 0 bridgehead atoms. The first-order chi connectivity index (χ1) is 13.7. The van der Waals surface area contributed by atoms with E-state index in [1.807, 2.05) is 18.2 Å². The first-order valence-electron chi connectivity index (χ1n) is 8.96. The summed E-state index contributed by atoms with van der Waals surface area (Å²) in [6.45, 7) is 0.616. The van der Waals surface area contributed by atoms with Crippen molar-refractivity contribution in [3.05, 3.63) is 54.3 Å². The highest BCUT2D eigenvalue weighted by molar-refractivity contribution is 6.07. The molecule has 142 valence electrons. The molecule has 1 aliphatic rings. The minimum absolute atomic E-state index is 0.230. The topological polar surface area (TPSA) is 123 Å². The van der Waals surface area contributed by atoms with Gasteiger partial charge in [0.2, 0.25) is 23.5 Å². The minimum atomic E-state index is -0.673. The van der Waals surface area contributed by atoms with E-state index >= 15 is 0 Å². The second kappa shape index (κ2) is 7.95. The van der Waals surface area contributed by atoms with Gasteiger partial charge in [0, 0.05) is 24.6 Å². The normalized spacial score (nSPS) is 16.4. The molecule has 0 radical (unpaired) electrons. The molecule has 0 saturated carbocycles. The highest BCUT2D eigenvalue weighted by atomic mass is 16.5. The van der Waals surface area contributed by atoms with Crippen molar-refractivity contribution in [3.63, 3.8) is 0 Å². The first kappa shape index (κ1) is 17.8. The van der Waals surface area contributed by atoms with Gasteiger partial charge in [0.15, 0.2) is 0 Å². The van der Waals surface area contributed by atoms with Crippen LogP contribution in [0.25, 0.3) is 11.5 Å². The molecule has 2 amide bonds. The van der Waals surface area contributed by atoms with Gasteiger partial charge in [-0.25, -0.2) is 4.98 Å². The summed E-state index contributed by atoms with van der Waals surface area (Å²) in [5, 5.41) is 9.51. The van der Waals surface area contributed by atoms with Crippen LogP contribution in [0, 0.1) is 5.92 Å². The molecule has 1 saturated heterocycles. The molecule has 2 N–H and O–H groups in total. The summed E-state index contributed by atoms with van der Waals surface area (Å²) < 4.78 is 5.31. The van der Waals surface area contributed by atoms with Gasteiger partial charge in [-0.15, -0.1) is 0 Å². The molecule has 1 unspecified atom stereocenters. The summed E-state index contributed by atoms with van der Waals surface area (Å²) >= 11 is 0. The molecular formula is C19H18N6O3. The average molecular weight is 378 g/mol. The van der Waals surface area contributed by atoms with Gasteiger partial charge in [0.1, 0.15) is 11.6 Å². The Bertz CT molecular complexity index is 988. The SMILES string of the molecule is O=C1NCCCC1C(=O)Nc1ccccc1Cc1nc(-c2cnccn2)no1. The molecular weight excluding hydrogens is 360 g/mol. The highest BCUT2D eigenvalue weighted by Crippen LogP contribution is 2.22. The monoisotopic (exact) mass is 378 g/mol. The number of nitrogens with one attached hydrogen (secondary N) is 2. The van der Waals surface area contributed by atoms with Crippen LogP contribution >= 0.6 is 0 Å². The number of aromatic nitrogens is 4. The lowest BCUT2D eigenvalue weighted by atomic mass is 9.97. The summed E-state index contributed by atoms with van der Waals surface area (Å²) in [5.41, 5.74) is 1.94. The number of carbonyl (C=O) groups is 2. The molecule has 1 aromatic carbocycles. The quantitative estimate of drug-likeness (QED) is 0.646. The molecule has 28 heavy (non-hydrogen) atoms. The fraction of sp³-hybridized carbons (Fsp3) is 0.263. The van der Waals surface area contributed by atoms with Crippen LogP contribution < -0.4 is 10.6 Å². The van der Waals surface area contributed by atoms with Crippen molar-refractivity contribution in [3.8, 4) is 11.5 Å². The van der Waals surface area contributed by atoms with Crippen LogP contribution in [0.5, 0.6) is 0 Å². The summed E-state index contributed by atoms with van der Waals surface area (Å²) in [5.74, 6) is -0.475. The number of nitrogens with zero attached hydrogens (tertiary/aromatic N) is 4. The van der Waals surface area contributed by atoms with Crippen LogP contribution in [0.1, 0.15) is 24.3 Å². The Morgan fingerprint density at radius 2 is 2.18 bits per heavy atom. The van der Waals surface area contributed by atoms with E-state index in [0.717, 1.165) is 12.0 Å². The van der Waals surface area contributed by atoms with Crippen molar-refractivity contribution in [1.29, 1.82) is 0 Å². The van der Waals surface area contributed by atoms with Gasteiger partial charge in [0.25, 0.3) is 0 Å². The second-order valence-corrected chi connectivity index (χ2v) is 6.41. The lowest BCUT2D eigenvalue weighted by Gasteiger charge is -2.21. The standard InChI is InChI=1S/C19H18N6O3/c26-18-13(5-3-7-22-18)19(27)23-14-6-2-1-4-12(14)10-16-24-17(25-28-16)15-11-20-8-9-21-15/h1-2,4,6,8-9,11,13H,3,5,7,10H2,(H,22,26)(H,23,27). The zero-order chi connectivity index (χ0) is 19.3. The van der Waals surface area contributed by atoms with Crippen LogP contribution in [0.2, 0.25) is 0 Å². The predicted molar refractivity (Wildman–Crippen MR) is 98.9 cm³/mol. The van der Waals surface area contributed by atoms with Crippen LogP contribution in [0.3, 0.4) is 0 Å². The zero-order valence-electron chi connectivity index (χ0n) is 15.0. The van der Waals surface area contributed by atoms with E-state index in [9.17, 15) is 9.59 Å². The molecule has 1 atom stereocenters. The fourth-order valence-corrected chi connectivity index (χ4v) is 3.05. The maximum Gasteiger partial charge on any atom is 0.236 e. The number of para-hydroxylation sites is 1. The van der Waals surface area contributed by atoms with Crippen LogP contribution in [-0.2, 0) is 16.0 Å². The third-order valence-electron chi connectivity index (χ3n) is 4.48. The van der Waals surface area contributed by atoms with Crippen LogP contribution in [0.4, 0.5) is 5.69 Å². The van der Waals surface area contributed by atoms with Gasteiger partial charge in [-0.3, -0.25) is 14.6 Å². The second-order valence-electron chi connectivity index (χ2n) is 6.41. The lowest BCUT2D eigenvalue weighted by Crippen LogP contribution is -2.42. The van der Waals surface area contributed by atoms with Crippen molar-refractivity contribution in [2.45, 2.75) is 19.3 Å². The molecule has 2 aromatic heterocycles. The largest absolute Gasteiger partial charge is 0.355 e. The highest BCUT2D eigenvalue weighted by Gasteiger charge is 2.29. The number of amides is 2. The number of anilines is 1. The molecule has 3 heterocycles. The molecule has 4 rings (SSSR count). The van der Waals surface area contributed by atoms with Gasteiger partial charge in [-0.05, 0) is 24.5 Å². The summed E-state index contributed by atoms with van der Waals surface area (Å²) in [4.78, 5) is 36.9. The van der Waals surface area contributed by atoms with Gasteiger partial charge in [-0.1, -0.05) is 23.4 Å². The molecule has 9 heteroatoms. The van der Waals surface area contributed by atoms with Crippen molar-refractivity contribution in [2.75, 3.05) is 11.9 Å². The van der Waals surface area contributed by atoms with E-state index in [0.29, 0.717) is 42.5 Å². The molecule has 1 fully saturated rings. The van der Waals surface area contributed by atoms with E-state index in [1.165, 1.54) is 0 Å². The van der Waals surface area contributed by atoms with Gasteiger partial charge >= 0.3 is 0 Å². The summed E-state index contributed by atoms with van der Waals surface area (Å²) in [6, 6.07) is 7.33. The zero-order valence-corrected chi connectivity index (χ0v) is 15.0. The third kappa shape index (κ3) is 3.88. The van der Waals surface area contributed by atoms with Crippen molar-refractivity contribution >= 4 is 17.5 Å². The summed E-state index contributed by atoms with van der Waals surface area (Å²) in [6.07, 6.45) is 6.34. The predicted octanol–water partition coefficient (Wildman–Crippen LogP) is 1.58. The van der Waals surface area contributed by atoms with Gasteiger partial charge in [0.05, 0.1) is 12.6 Å². The minimum Gasteiger partial charge on any atom is -0.355 e. The molecule has 3 aromatic rings. The molecule has 1 aliphatic heterocycles. The van der Waals surface area contributed by atoms with Crippen LogP contribution in [0.15, 0.2) is 47.4 Å². The molecule has 0 spiro atoms. The van der Waals surface area contributed by atoms with Crippen LogP contribution in [-0.4, -0.2) is 38.5 Å². The van der Waals surface area contributed by atoms with E-state index in [2.05, 4.69) is 30.7 Å².